The number of nitrogens with one attached hydrogen (secondary N) is 1. The molecule has 0 aliphatic carbocycles. The lowest BCUT2D eigenvalue weighted by Crippen LogP contribution is -2.46. The van der Waals surface area contributed by atoms with E-state index < -0.39 is 28.7 Å². The molecule has 0 spiro atoms. The molecule has 10 heteroatoms. The zero-order valence-corrected chi connectivity index (χ0v) is 17.7. The highest BCUT2D eigenvalue weighted by molar-refractivity contribution is 6.30. The number of carbonyl (C=O) groups excluding carboxylic acids is 1. The van der Waals surface area contributed by atoms with E-state index in [1.807, 2.05) is 0 Å². The van der Waals surface area contributed by atoms with Gasteiger partial charge in [-0.25, -0.2) is 9.18 Å². The lowest BCUT2D eigenvalue weighted by Gasteiger charge is -2.14. The van der Waals surface area contributed by atoms with Gasteiger partial charge in [0.05, 0.1) is 18.3 Å². The molecule has 2 heterocycles. The molecule has 1 aliphatic rings. The van der Waals surface area contributed by atoms with E-state index in [1.54, 1.807) is 24.3 Å². The van der Waals surface area contributed by atoms with Crippen molar-refractivity contribution in [3.8, 4) is 5.69 Å². The smallest absolute Gasteiger partial charge is 0.352 e. The minimum absolute atomic E-state index is 0.0861. The second-order valence-corrected chi connectivity index (χ2v) is 7.83. The summed E-state index contributed by atoms with van der Waals surface area (Å²) in [5.41, 5.74) is -1.47. The molecule has 0 bridgehead atoms. The van der Waals surface area contributed by atoms with Crippen molar-refractivity contribution in [2.45, 2.75) is 25.5 Å². The highest BCUT2D eigenvalue weighted by Crippen LogP contribution is 2.12. The number of ether oxygens (including phenoxy) is 1. The molecule has 1 fully saturated rings. The van der Waals surface area contributed by atoms with Gasteiger partial charge in [0.1, 0.15) is 5.82 Å². The lowest BCUT2D eigenvalue weighted by atomic mass is 10.2. The van der Waals surface area contributed by atoms with Crippen LogP contribution in [0.1, 0.15) is 28.9 Å². The Morgan fingerprint density at radius 1 is 1.22 bits per heavy atom. The number of aromatic nitrogens is 3. The van der Waals surface area contributed by atoms with Crippen molar-refractivity contribution in [1.29, 1.82) is 0 Å². The molecule has 1 amide bonds. The number of benzene rings is 2. The van der Waals surface area contributed by atoms with Crippen LogP contribution >= 0.6 is 11.6 Å². The third-order valence-corrected chi connectivity index (χ3v) is 5.31. The summed E-state index contributed by atoms with van der Waals surface area (Å²) in [5, 5.41) is 7.05. The molecule has 32 heavy (non-hydrogen) atoms. The van der Waals surface area contributed by atoms with Crippen LogP contribution in [0.2, 0.25) is 5.02 Å². The summed E-state index contributed by atoms with van der Waals surface area (Å²) in [4.78, 5) is 38.9. The molecule has 166 valence electrons. The van der Waals surface area contributed by atoms with Crippen LogP contribution in [0.4, 0.5) is 4.39 Å². The Kier molecular flexibility index (Phi) is 6.48. The SMILES string of the molecule is O=C(NCC1CCCO1)c1nn(-c2cccc(F)c2)c(=O)n(Cc2cccc(Cl)c2)c1=O. The van der Waals surface area contributed by atoms with Crippen molar-refractivity contribution in [2.75, 3.05) is 13.2 Å². The molecular weight excluding hydrogens is 439 g/mol. The van der Waals surface area contributed by atoms with E-state index in [0.717, 1.165) is 28.2 Å². The van der Waals surface area contributed by atoms with Gasteiger partial charge >= 0.3 is 5.69 Å². The predicted molar refractivity (Wildman–Crippen MR) is 116 cm³/mol. The van der Waals surface area contributed by atoms with E-state index in [1.165, 1.54) is 18.2 Å². The van der Waals surface area contributed by atoms with Crippen LogP contribution in [0.25, 0.3) is 5.69 Å². The quantitative estimate of drug-likeness (QED) is 0.610. The van der Waals surface area contributed by atoms with Crippen LogP contribution in [0.3, 0.4) is 0 Å². The Hall–Kier alpha value is -3.30. The van der Waals surface area contributed by atoms with Crippen LogP contribution in [-0.2, 0) is 11.3 Å². The zero-order valence-electron chi connectivity index (χ0n) is 17.0. The van der Waals surface area contributed by atoms with Gasteiger partial charge in [-0.3, -0.25) is 14.2 Å². The Morgan fingerprint density at radius 2 is 2.03 bits per heavy atom. The number of hydrogen-bond acceptors (Lipinski definition) is 5. The second-order valence-electron chi connectivity index (χ2n) is 7.39. The first-order chi connectivity index (χ1) is 15.4. The fraction of sp³-hybridized carbons (Fsp3) is 0.273. The number of rotatable bonds is 6. The minimum Gasteiger partial charge on any atom is -0.376 e. The number of hydrogen-bond donors (Lipinski definition) is 1. The summed E-state index contributed by atoms with van der Waals surface area (Å²) < 4.78 is 21.0. The third-order valence-electron chi connectivity index (χ3n) is 5.07. The molecule has 1 unspecified atom stereocenters. The predicted octanol–water partition coefficient (Wildman–Crippen LogP) is 2.14. The molecule has 2 aromatic carbocycles. The number of amides is 1. The van der Waals surface area contributed by atoms with E-state index >= 15 is 0 Å². The summed E-state index contributed by atoms with van der Waals surface area (Å²) in [5.74, 6) is -1.33. The maximum absolute atomic E-state index is 13.8. The molecule has 0 saturated carbocycles. The Bertz CT molecular complexity index is 1270. The van der Waals surface area contributed by atoms with Gasteiger partial charge in [-0.1, -0.05) is 29.8 Å². The van der Waals surface area contributed by atoms with E-state index in [0.29, 0.717) is 17.2 Å². The highest BCUT2D eigenvalue weighted by atomic mass is 35.5. The van der Waals surface area contributed by atoms with Crippen molar-refractivity contribution in [1.82, 2.24) is 19.7 Å². The van der Waals surface area contributed by atoms with E-state index in [2.05, 4.69) is 10.4 Å². The molecule has 1 atom stereocenters. The van der Waals surface area contributed by atoms with E-state index in [4.69, 9.17) is 16.3 Å². The third kappa shape index (κ3) is 4.79. The van der Waals surface area contributed by atoms with Crippen LogP contribution in [0.15, 0.2) is 58.1 Å². The van der Waals surface area contributed by atoms with Crippen molar-refractivity contribution < 1.29 is 13.9 Å². The summed E-state index contributed by atoms with van der Waals surface area (Å²) in [7, 11) is 0. The lowest BCUT2D eigenvalue weighted by molar-refractivity contribution is 0.0849. The minimum atomic E-state index is -0.854. The zero-order chi connectivity index (χ0) is 22.7. The Labute approximate surface area is 187 Å². The monoisotopic (exact) mass is 458 g/mol. The van der Waals surface area contributed by atoms with E-state index in [-0.39, 0.29) is 24.9 Å². The van der Waals surface area contributed by atoms with Gasteiger partial charge in [-0.05, 0) is 48.7 Å². The molecule has 1 aliphatic heterocycles. The molecule has 1 saturated heterocycles. The van der Waals surface area contributed by atoms with Crippen LogP contribution in [0, 0.1) is 5.82 Å². The molecule has 4 rings (SSSR count). The summed E-state index contributed by atoms with van der Waals surface area (Å²) in [6.07, 6.45) is 1.56. The standard InChI is InChI=1S/C22H20ClFN4O4/c23-15-5-1-4-14(10-15)13-27-21(30)19(20(29)25-12-18-8-3-9-32-18)26-28(22(27)31)17-7-2-6-16(24)11-17/h1-2,4-7,10-11,18H,3,8-9,12-13H2,(H,25,29). The normalized spacial score (nSPS) is 15.6. The first-order valence-corrected chi connectivity index (χ1v) is 10.4. The fourth-order valence-corrected chi connectivity index (χ4v) is 3.70. The fourth-order valence-electron chi connectivity index (χ4n) is 3.49. The Morgan fingerprint density at radius 3 is 2.75 bits per heavy atom. The van der Waals surface area contributed by atoms with Gasteiger partial charge in [0.15, 0.2) is 0 Å². The number of halogens is 2. The summed E-state index contributed by atoms with van der Waals surface area (Å²) in [6, 6.07) is 11.8. The Balaban J connectivity index is 1.77. The van der Waals surface area contributed by atoms with Crippen LogP contribution in [-0.4, -0.2) is 39.5 Å². The highest BCUT2D eigenvalue weighted by Gasteiger charge is 2.23. The number of nitrogens with zero attached hydrogens (tertiary/aromatic N) is 3. The molecule has 0 radical (unpaired) electrons. The van der Waals surface area contributed by atoms with Gasteiger partial charge in [0.25, 0.3) is 11.5 Å². The van der Waals surface area contributed by atoms with Gasteiger partial charge in [-0.15, -0.1) is 0 Å². The largest absolute Gasteiger partial charge is 0.376 e. The number of carbonyl (C=O) groups is 1. The molecule has 1 aromatic heterocycles. The van der Waals surface area contributed by atoms with Gasteiger partial charge in [0, 0.05) is 18.2 Å². The molecular formula is C22H20ClFN4O4. The van der Waals surface area contributed by atoms with Crippen LogP contribution in [0.5, 0.6) is 0 Å². The van der Waals surface area contributed by atoms with Crippen LogP contribution < -0.4 is 16.6 Å². The average Bonchev–Trinajstić information content (AvgIpc) is 3.29. The molecule has 8 nitrogen and oxygen atoms in total. The summed E-state index contributed by atoms with van der Waals surface area (Å²) in [6.45, 7) is 0.699. The van der Waals surface area contributed by atoms with Crippen molar-refractivity contribution in [3.63, 3.8) is 0 Å². The maximum Gasteiger partial charge on any atom is 0.352 e. The first-order valence-electron chi connectivity index (χ1n) is 10.1. The van der Waals surface area contributed by atoms with E-state index in [9.17, 15) is 18.8 Å². The van der Waals surface area contributed by atoms with Gasteiger partial charge in [0.2, 0.25) is 5.69 Å². The van der Waals surface area contributed by atoms with Crippen molar-refractivity contribution in [2.24, 2.45) is 0 Å². The molecule has 3 aromatic rings. The average molecular weight is 459 g/mol. The van der Waals surface area contributed by atoms with Gasteiger partial charge < -0.3 is 10.1 Å². The van der Waals surface area contributed by atoms with Crippen molar-refractivity contribution >= 4 is 17.5 Å². The van der Waals surface area contributed by atoms with Gasteiger partial charge in [-0.2, -0.15) is 9.78 Å². The topological polar surface area (TPSA) is 95.2 Å². The molecule has 1 N–H and O–H groups in total. The first kappa shape index (κ1) is 21.9. The van der Waals surface area contributed by atoms with Crippen molar-refractivity contribution in [3.05, 3.63) is 91.5 Å². The second kappa shape index (κ2) is 9.46. The maximum atomic E-state index is 13.8. The summed E-state index contributed by atoms with van der Waals surface area (Å²) >= 11 is 6.02.